The summed E-state index contributed by atoms with van der Waals surface area (Å²) in [4.78, 5) is 0. The molecular weight excluding hydrogens is 518 g/mol. The molecule has 0 aliphatic heterocycles. The Hall–Kier alpha value is -1.82. The summed E-state index contributed by atoms with van der Waals surface area (Å²) in [6.45, 7) is 0. The van der Waals surface area contributed by atoms with Crippen LogP contribution in [-0.4, -0.2) is 24.9 Å². The Morgan fingerprint density at radius 2 is 1.22 bits per heavy atom. The van der Waals surface area contributed by atoms with E-state index < -0.39 is 12.7 Å². The van der Waals surface area contributed by atoms with E-state index in [0.29, 0.717) is 5.75 Å². The van der Waals surface area contributed by atoms with Gasteiger partial charge in [-0.05, 0) is 68.3 Å². The van der Waals surface area contributed by atoms with E-state index in [1.807, 2.05) is 0 Å². The summed E-state index contributed by atoms with van der Waals surface area (Å²) in [5.74, 6) is -0.364. The number of hydrogen-bond acceptors (Lipinski definition) is 4. The molecule has 0 bridgehead atoms. The van der Waals surface area contributed by atoms with Crippen molar-refractivity contribution in [2.45, 2.75) is 12.7 Å². The summed E-state index contributed by atoms with van der Waals surface area (Å²) < 4.78 is 83.0. The number of aromatic hydroxyl groups is 1. The molecule has 27 heavy (non-hydrogen) atoms. The summed E-state index contributed by atoms with van der Waals surface area (Å²) in [7, 11) is 1.42. The summed E-state index contributed by atoms with van der Waals surface area (Å²) in [5, 5.41) is 8.87. The van der Waals surface area contributed by atoms with Gasteiger partial charge in [0.05, 0.1) is 16.1 Å². The minimum absolute atomic E-state index is 0.0461. The Bertz CT molecular complexity index is 765. The Morgan fingerprint density at radius 3 is 1.59 bits per heavy atom. The fourth-order valence-electron chi connectivity index (χ4n) is 1.51. The number of phenolic OH excluding ortho intramolecular Hbond substituents is 1. The average Bonchev–Trinajstić information content (AvgIpc) is 2.50. The number of benzene rings is 2. The van der Waals surface area contributed by atoms with Gasteiger partial charge in [-0.25, -0.2) is 0 Å². The zero-order valence-corrected chi connectivity index (χ0v) is 16.3. The molecule has 12 heteroatoms. The number of phenols is 1. The second-order valence-electron chi connectivity index (χ2n) is 4.51. The number of ether oxygens (including phenoxy) is 3. The van der Waals surface area contributed by atoms with Crippen molar-refractivity contribution >= 4 is 31.9 Å². The molecule has 0 aliphatic carbocycles. The topological polar surface area (TPSA) is 47.9 Å². The van der Waals surface area contributed by atoms with Crippen molar-refractivity contribution in [3.63, 3.8) is 0 Å². The van der Waals surface area contributed by atoms with Crippen LogP contribution in [0.1, 0.15) is 0 Å². The molecule has 0 heterocycles. The summed E-state index contributed by atoms with van der Waals surface area (Å²) >= 11 is 5.75. The normalized spacial score (nSPS) is 11.3. The second-order valence-corrected chi connectivity index (χ2v) is 6.22. The van der Waals surface area contributed by atoms with Gasteiger partial charge in [-0.15, -0.1) is 26.3 Å². The van der Waals surface area contributed by atoms with Crippen molar-refractivity contribution in [2.24, 2.45) is 0 Å². The van der Waals surface area contributed by atoms with Gasteiger partial charge in [-0.3, -0.25) is 0 Å². The van der Waals surface area contributed by atoms with Crippen LogP contribution < -0.4 is 14.2 Å². The fraction of sp³-hybridized carbons (Fsp3) is 0.200. The molecule has 2 aromatic carbocycles. The highest BCUT2D eigenvalue weighted by molar-refractivity contribution is 9.10. The van der Waals surface area contributed by atoms with Gasteiger partial charge in [0.2, 0.25) is 0 Å². The lowest BCUT2D eigenvalue weighted by molar-refractivity contribution is -0.276. The third-order valence-electron chi connectivity index (χ3n) is 2.51. The Morgan fingerprint density at radius 1 is 0.778 bits per heavy atom. The first-order valence-electron chi connectivity index (χ1n) is 6.64. The molecule has 0 saturated carbocycles. The number of hydrogen-bond donors (Lipinski definition) is 1. The quantitative estimate of drug-likeness (QED) is 0.469. The lowest BCUT2D eigenvalue weighted by Gasteiger charge is -2.10. The summed E-state index contributed by atoms with van der Waals surface area (Å²) in [5.41, 5.74) is 0. The van der Waals surface area contributed by atoms with Crippen LogP contribution in [0.15, 0.2) is 45.3 Å². The third-order valence-corrected chi connectivity index (χ3v) is 3.75. The monoisotopic (exact) mass is 526 g/mol. The molecule has 2 rings (SSSR count). The molecule has 0 amide bonds. The van der Waals surface area contributed by atoms with Gasteiger partial charge in [-0.2, -0.15) is 0 Å². The van der Waals surface area contributed by atoms with Crippen LogP contribution in [0.3, 0.4) is 0 Å². The summed E-state index contributed by atoms with van der Waals surface area (Å²) in [6, 6.07) is 7.18. The smallest absolute Gasteiger partial charge is 0.508 e. The van der Waals surface area contributed by atoms with Gasteiger partial charge in [0.15, 0.2) is 0 Å². The predicted molar refractivity (Wildman–Crippen MR) is 89.9 cm³/mol. The number of methoxy groups -OCH3 is 1. The first kappa shape index (κ1) is 23.2. The Balaban J connectivity index is 0.000000271. The lowest BCUT2D eigenvalue weighted by Crippen LogP contribution is -2.17. The molecule has 2 aromatic rings. The molecule has 0 saturated heterocycles. The molecule has 150 valence electrons. The van der Waals surface area contributed by atoms with Gasteiger partial charge in [-0.1, -0.05) is 0 Å². The maximum absolute atomic E-state index is 11.8. The molecule has 0 spiro atoms. The SMILES string of the molecule is COc1ccc(OC(F)(F)F)c(Br)c1.Oc1ccc(OC(F)(F)F)c(Br)c1. The van der Waals surface area contributed by atoms with Gasteiger partial charge >= 0.3 is 12.7 Å². The number of halogens is 8. The lowest BCUT2D eigenvalue weighted by atomic mass is 10.3. The molecule has 1 N–H and O–H groups in total. The van der Waals surface area contributed by atoms with Crippen molar-refractivity contribution in [1.82, 2.24) is 0 Å². The van der Waals surface area contributed by atoms with E-state index in [9.17, 15) is 26.3 Å². The van der Waals surface area contributed by atoms with E-state index in [1.54, 1.807) is 0 Å². The fourth-order valence-corrected chi connectivity index (χ4v) is 2.40. The summed E-state index contributed by atoms with van der Waals surface area (Å²) in [6.07, 6.45) is -9.41. The minimum Gasteiger partial charge on any atom is -0.508 e. The predicted octanol–water partition coefficient (Wildman–Crippen LogP) is 6.41. The van der Waals surface area contributed by atoms with Crippen LogP contribution in [-0.2, 0) is 0 Å². The van der Waals surface area contributed by atoms with Crippen molar-refractivity contribution in [1.29, 1.82) is 0 Å². The highest BCUT2D eigenvalue weighted by Gasteiger charge is 2.32. The first-order chi connectivity index (χ1) is 12.3. The Labute approximate surface area is 165 Å². The number of alkyl halides is 6. The van der Waals surface area contributed by atoms with Crippen LogP contribution in [0.2, 0.25) is 0 Å². The molecule has 0 radical (unpaired) electrons. The number of rotatable bonds is 3. The van der Waals surface area contributed by atoms with Crippen LogP contribution in [0.4, 0.5) is 26.3 Å². The van der Waals surface area contributed by atoms with E-state index in [2.05, 4.69) is 41.3 Å². The van der Waals surface area contributed by atoms with E-state index in [0.717, 1.165) is 18.2 Å². The molecule has 0 aromatic heterocycles. The minimum atomic E-state index is -4.72. The molecule has 0 fully saturated rings. The van der Waals surface area contributed by atoms with Gasteiger partial charge in [0.25, 0.3) is 0 Å². The van der Waals surface area contributed by atoms with Crippen LogP contribution in [0.5, 0.6) is 23.0 Å². The third kappa shape index (κ3) is 9.09. The highest BCUT2D eigenvalue weighted by Crippen LogP contribution is 2.33. The Kier molecular flexibility index (Phi) is 8.08. The first-order valence-corrected chi connectivity index (χ1v) is 8.23. The molecule has 0 aliphatic rings. The van der Waals surface area contributed by atoms with E-state index in [4.69, 9.17) is 9.84 Å². The van der Waals surface area contributed by atoms with Crippen LogP contribution in [0, 0.1) is 0 Å². The average molecular weight is 528 g/mol. The zero-order valence-electron chi connectivity index (χ0n) is 13.2. The van der Waals surface area contributed by atoms with E-state index in [1.165, 1.54) is 25.3 Å². The van der Waals surface area contributed by atoms with E-state index >= 15 is 0 Å². The van der Waals surface area contributed by atoms with Gasteiger partial charge in [0.1, 0.15) is 23.0 Å². The molecule has 4 nitrogen and oxygen atoms in total. The van der Waals surface area contributed by atoms with Crippen molar-refractivity contribution in [3.8, 4) is 23.0 Å². The standard InChI is InChI=1S/C8H6BrF3O2.C7H4BrF3O2/c1-13-5-2-3-7(6(9)4-5)14-8(10,11)12;8-5-3-4(12)1-2-6(5)13-7(9,10)11/h2-4H,1H3;1-3,12H. The van der Waals surface area contributed by atoms with Crippen LogP contribution >= 0.6 is 31.9 Å². The van der Waals surface area contributed by atoms with Crippen LogP contribution in [0.25, 0.3) is 0 Å². The molecule has 0 unspecified atom stereocenters. The largest absolute Gasteiger partial charge is 0.573 e. The van der Waals surface area contributed by atoms with Crippen molar-refractivity contribution in [3.05, 3.63) is 45.3 Å². The van der Waals surface area contributed by atoms with Gasteiger partial charge < -0.3 is 19.3 Å². The van der Waals surface area contributed by atoms with Crippen molar-refractivity contribution in [2.75, 3.05) is 7.11 Å². The maximum atomic E-state index is 11.8. The molecular formula is C15H10Br2F6O4. The highest BCUT2D eigenvalue weighted by atomic mass is 79.9. The maximum Gasteiger partial charge on any atom is 0.573 e. The zero-order chi connectivity index (χ0) is 20.8. The van der Waals surface area contributed by atoms with E-state index in [-0.39, 0.29) is 26.2 Å². The second kappa shape index (κ2) is 9.40. The van der Waals surface area contributed by atoms with Crippen molar-refractivity contribution < 1.29 is 45.7 Å². The molecule has 0 atom stereocenters. The van der Waals surface area contributed by atoms with Gasteiger partial charge in [0, 0.05) is 0 Å².